The summed E-state index contributed by atoms with van der Waals surface area (Å²) in [5, 5.41) is 17.7. The van der Waals surface area contributed by atoms with E-state index in [4.69, 9.17) is 0 Å². The predicted octanol–water partition coefficient (Wildman–Crippen LogP) is 3.33. The molecule has 0 radical (unpaired) electrons. The number of carbonyl (C=O) groups is 1. The molecule has 1 amide bonds. The van der Waals surface area contributed by atoms with Crippen LogP contribution in [0.5, 0.6) is 0 Å². The maximum Gasteiger partial charge on any atom is 0.271 e. The Hall–Kier alpha value is -2.21. The molecule has 1 heterocycles. The van der Waals surface area contributed by atoms with E-state index in [1.54, 1.807) is 13.0 Å². The van der Waals surface area contributed by atoms with Gasteiger partial charge >= 0.3 is 0 Å². The maximum atomic E-state index is 13.0. The van der Waals surface area contributed by atoms with Crippen LogP contribution in [0.3, 0.4) is 0 Å². The molecular weight excluding hydrogens is 321 g/mol. The summed E-state index contributed by atoms with van der Waals surface area (Å²) in [6, 6.07) is 7.60. The van der Waals surface area contributed by atoms with Crippen molar-refractivity contribution in [2.24, 2.45) is 0 Å². The van der Waals surface area contributed by atoms with E-state index in [-0.39, 0.29) is 24.3 Å². The van der Waals surface area contributed by atoms with Crippen LogP contribution in [0.15, 0.2) is 30.3 Å². The average molecular weight is 347 g/mol. The van der Waals surface area contributed by atoms with Crippen LogP contribution < -0.4 is 5.32 Å². The van der Waals surface area contributed by atoms with Crippen molar-refractivity contribution in [3.63, 3.8) is 0 Å². The minimum absolute atomic E-state index is 0.00829. The van der Waals surface area contributed by atoms with Gasteiger partial charge in [0.2, 0.25) is 0 Å². The summed E-state index contributed by atoms with van der Waals surface area (Å²) in [5.74, 6) is -0.707. The van der Waals surface area contributed by atoms with E-state index in [1.165, 1.54) is 24.3 Å². The van der Waals surface area contributed by atoms with Gasteiger partial charge in [-0.1, -0.05) is 26.0 Å². The first-order valence-electron chi connectivity index (χ1n) is 8.61. The molecule has 0 fully saturated rings. The number of aryl methyl sites for hydroxylation is 1. The molecule has 0 saturated carbocycles. The summed E-state index contributed by atoms with van der Waals surface area (Å²) in [5.41, 5.74) is 0.507. The second-order valence-electron chi connectivity index (χ2n) is 6.55. The Morgan fingerprint density at radius 1 is 1.32 bits per heavy atom. The first-order chi connectivity index (χ1) is 11.8. The Labute approximate surface area is 147 Å². The topological polar surface area (TPSA) is 67.2 Å². The van der Waals surface area contributed by atoms with Crippen molar-refractivity contribution < 1.29 is 14.3 Å². The Kier molecular flexibility index (Phi) is 5.95. The van der Waals surface area contributed by atoms with Crippen LogP contribution in [0.2, 0.25) is 0 Å². The van der Waals surface area contributed by atoms with Gasteiger partial charge in [0, 0.05) is 5.69 Å². The quantitative estimate of drug-likeness (QED) is 0.807. The van der Waals surface area contributed by atoms with Gasteiger partial charge in [0.05, 0.1) is 12.6 Å². The zero-order valence-electron chi connectivity index (χ0n) is 15.2. The highest BCUT2D eigenvalue weighted by Gasteiger charge is 2.25. The minimum atomic E-state index is -1.30. The largest absolute Gasteiger partial charge is 0.384 e. The molecule has 1 unspecified atom stereocenters. The van der Waals surface area contributed by atoms with Crippen molar-refractivity contribution in [2.75, 3.05) is 6.54 Å². The highest BCUT2D eigenvalue weighted by Crippen LogP contribution is 2.21. The first-order valence-corrected chi connectivity index (χ1v) is 8.61. The van der Waals surface area contributed by atoms with Crippen molar-refractivity contribution in [1.29, 1.82) is 0 Å². The fourth-order valence-electron chi connectivity index (χ4n) is 2.86. The summed E-state index contributed by atoms with van der Waals surface area (Å²) in [7, 11) is 0. The molecule has 25 heavy (non-hydrogen) atoms. The Morgan fingerprint density at radius 2 is 1.92 bits per heavy atom. The van der Waals surface area contributed by atoms with Crippen LogP contribution >= 0.6 is 0 Å². The van der Waals surface area contributed by atoms with Crippen molar-refractivity contribution in [3.8, 4) is 0 Å². The van der Waals surface area contributed by atoms with E-state index in [1.807, 2.05) is 11.6 Å². The van der Waals surface area contributed by atoms with E-state index in [9.17, 15) is 14.3 Å². The Bertz CT molecular complexity index is 719. The fraction of sp³-hybridized carbons (Fsp3) is 0.474. The van der Waals surface area contributed by atoms with Gasteiger partial charge in [-0.25, -0.2) is 4.39 Å². The lowest BCUT2D eigenvalue weighted by Gasteiger charge is -2.24. The molecule has 0 aliphatic heterocycles. The molecule has 2 rings (SSSR count). The molecule has 2 N–H and O–H groups in total. The second-order valence-corrected chi connectivity index (χ2v) is 6.55. The number of rotatable bonds is 7. The first kappa shape index (κ1) is 19.1. The summed E-state index contributed by atoms with van der Waals surface area (Å²) >= 11 is 0. The third-order valence-electron chi connectivity index (χ3n) is 4.50. The Morgan fingerprint density at radius 3 is 2.48 bits per heavy atom. The van der Waals surface area contributed by atoms with Gasteiger partial charge < -0.3 is 10.4 Å². The molecule has 5 nitrogen and oxygen atoms in total. The SMILES string of the molecule is CCC(CC)n1nc(C(=O)NCC(C)(O)c2ccc(F)cc2)cc1C. The second kappa shape index (κ2) is 7.78. The number of nitrogens with one attached hydrogen (secondary N) is 1. The van der Waals surface area contributed by atoms with E-state index in [0.29, 0.717) is 11.3 Å². The molecule has 1 atom stereocenters. The maximum absolute atomic E-state index is 13.0. The van der Waals surface area contributed by atoms with Gasteiger partial charge in [0.1, 0.15) is 17.1 Å². The lowest BCUT2D eigenvalue weighted by atomic mass is 9.96. The highest BCUT2D eigenvalue weighted by molar-refractivity contribution is 5.92. The van der Waals surface area contributed by atoms with Crippen molar-refractivity contribution >= 4 is 5.91 Å². The number of aromatic nitrogens is 2. The third-order valence-corrected chi connectivity index (χ3v) is 4.50. The van der Waals surface area contributed by atoms with E-state index < -0.39 is 5.60 Å². The standard InChI is InChI=1S/C19H26FN3O2/c1-5-16(6-2)23-13(3)11-17(22-23)18(24)21-12-19(4,25)14-7-9-15(20)10-8-14/h7-11,16,25H,5-6,12H2,1-4H3,(H,21,24). The van der Waals surface area contributed by atoms with Gasteiger partial charge in [0.25, 0.3) is 5.91 Å². The molecule has 0 bridgehead atoms. The van der Waals surface area contributed by atoms with Crippen molar-refractivity contribution in [1.82, 2.24) is 15.1 Å². The number of hydrogen-bond donors (Lipinski definition) is 2. The van der Waals surface area contributed by atoms with Crippen LogP contribution in [0.1, 0.15) is 61.4 Å². The van der Waals surface area contributed by atoms with Crippen LogP contribution in [-0.2, 0) is 5.60 Å². The van der Waals surface area contributed by atoms with Crippen LogP contribution in [0.4, 0.5) is 4.39 Å². The lowest BCUT2D eigenvalue weighted by Crippen LogP contribution is -2.38. The van der Waals surface area contributed by atoms with Crippen molar-refractivity contribution in [2.45, 2.75) is 52.2 Å². The predicted molar refractivity (Wildman–Crippen MR) is 94.9 cm³/mol. The molecule has 6 heteroatoms. The summed E-state index contributed by atoms with van der Waals surface area (Å²) in [6.45, 7) is 7.70. The van der Waals surface area contributed by atoms with Gasteiger partial charge in [-0.15, -0.1) is 0 Å². The summed E-state index contributed by atoms with van der Waals surface area (Å²) < 4.78 is 14.9. The normalized spacial score (nSPS) is 13.7. The third kappa shape index (κ3) is 4.45. The smallest absolute Gasteiger partial charge is 0.271 e. The van der Waals surface area contributed by atoms with Crippen LogP contribution in [-0.4, -0.2) is 27.3 Å². The van der Waals surface area contributed by atoms with Gasteiger partial charge in [0.15, 0.2) is 0 Å². The molecule has 0 saturated heterocycles. The van der Waals surface area contributed by atoms with E-state index in [0.717, 1.165) is 18.5 Å². The van der Waals surface area contributed by atoms with Crippen molar-refractivity contribution in [3.05, 3.63) is 53.1 Å². The summed E-state index contributed by atoms with van der Waals surface area (Å²) in [4.78, 5) is 12.4. The molecule has 136 valence electrons. The number of carbonyl (C=O) groups excluding carboxylic acids is 1. The number of nitrogens with zero attached hydrogens (tertiary/aromatic N) is 2. The number of halogens is 1. The lowest BCUT2D eigenvalue weighted by molar-refractivity contribution is 0.0524. The molecule has 1 aromatic heterocycles. The minimum Gasteiger partial charge on any atom is -0.384 e. The summed E-state index contributed by atoms with van der Waals surface area (Å²) in [6.07, 6.45) is 1.89. The van der Waals surface area contributed by atoms with E-state index >= 15 is 0 Å². The van der Waals surface area contributed by atoms with Gasteiger partial charge in [-0.3, -0.25) is 9.48 Å². The molecule has 1 aromatic carbocycles. The number of benzene rings is 1. The number of hydrogen-bond acceptors (Lipinski definition) is 3. The zero-order chi connectivity index (χ0) is 18.6. The van der Waals surface area contributed by atoms with Gasteiger partial charge in [-0.05, 0) is 50.5 Å². The Balaban J connectivity index is 2.07. The zero-order valence-corrected chi connectivity index (χ0v) is 15.2. The van der Waals surface area contributed by atoms with Gasteiger partial charge in [-0.2, -0.15) is 5.10 Å². The molecule has 0 aliphatic rings. The number of amides is 1. The monoisotopic (exact) mass is 347 g/mol. The number of aliphatic hydroxyl groups is 1. The molecule has 2 aromatic rings. The van der Waals surface area contributed by atoms with Crippen LogP contribution in [0, 0.1) is 12.7 Å². The average Bonchev–Trinajstić information content (AvgIpc) is 2.96. The molecule has 0 aliphatic carbocycles. The molecule has 0 spiro atoms. The fourth-order valence-corrected chi connectivity index (χ4v) is 2.86. The highest BCUT2D eigenvalue weighted by atomic mass is 19.1. The molecular formula is C19H26FN3O2. The van der Waals surface area contributed by atoms with E-state index in [2.05, 4.69) is 24.3 Å². The van der Waals surface area contributed by atoms with Crippen LogP contribution in [0.25, 0.3) is 0 Å².